The predicted molar refractivity (Wildman–Crippen MR) is 192 cm³/mol. The monoisotopic (exact) mass is 786 g/mol. The van der Waals surface area contributed by atoms with Gasteiger partial charge in [0.15, 0.2) is 6.20 Å². The second-order valence-corrected chi connectivity index (χ2v) is 13.8. The summed E-state index contributed by atoms with van der Waals surface area (Å²) in [5.74, 6) is 0.773. The van der Waals surface area contributed by atoms with E-state index in [0.29, 0.717) is 17.9 Å². The van der Waals surface area contributed by atoms with Crippen LogP contribution in [0.4, 0.5) is 4.79 Å². The van der Waals surface area contributed by atoms with Crippen molar-refractivity contribution in [2.45, 2.75) is 123 Å². The Morgan fingerprint density at radius 2 is 1.39 bits per heavy atom. The highest BCUT2D eigenvalue weighted by Crippen LogP contribution is 2.33. The first-order valence-corrected chi connectivity index (χ1v) is 18.0. The Morgan fingerprint density at radius 1 is 0.776 bits per heavy atom. The van der Waals surface area contributed by atoms with E-state index in [1.54, 1.807) is 24.3 Å². The van der Waals surface area contributed by atoms with Gasteiger partial charge in [0.25, 0.3) is 5.91 Å². The van der Waals surface area contributed by atoms with Crippen LogP contribution in [0, 0.1) is 0 Å². The molecule has 0 N–H and O–H groups in total. The predicted octanol–water partition coefficient (Wildman–Crippen LogP) is 6.88. The molecule has 0 atom stereocenters. The average molecular weight is 787 g/mol. The van der Waals surface area contributed by atoms with Crippen LogP contribution in [-0.4, -0.2) is 30.6 Å². The number of imide groups is 1. The van der Waals surface area contributed by atoms with Gasteiger partial charge in [-0.05, 0) is 47.2 Å². The van der Waals surface area contributed by atoms with E-state index in [1.807, 2.05) is 48.1 Å². The molecule has 0 saturated heterocycles. The van der Waals surface area contributed by atoms with Gasteiger partial charge in [0.2, 0.25) is 5.69 Å². The molecule has 0 bridgehead atoms. The van der Waals surface area contributed by atoms with Crippen LogP contribution in [0.3, 0.4) is 0 Å². The first-order valence-electron chi connectivity index (χ1n) is 18.0. The Balaban J connectivity index is 0.00000833. The van der Waals surface area contributed by atoms with Gasteiger partial charge in [-0.2, -0.15) is 0 Å². The minimum absolute atomic E-state index is 0. The van der Waals surface area contributed by atoms with Crippen molar-refractivity contribution in [3.05, 3.63) is 89.2 Å². The number of aromatic nitrogens is 1. The largest absolute Gasteiger partial charge is 1.00 e. The van der Waals surface area contributed by atoms with Crippen LogP contribution < -0.4 is 38.0 Å². The van der Waals surface area contributed by atoms with Gasteiger partial charge in [0.1, 0.15) is 31.7 Å². The van der Waals surface area contributed by atoms with Crippen LogP contribution in [0.2, 0.25) is 0 Å². The molecule has 0 saturated carbocycles. The third kappa shape index (κ3) is 14.3. The third-order valence-electron chi connectivity index (χ3n) is 8.76. The molecule has 0 aliphatic carbocycles. The zero-order chi connectivity index (χ0) is 34.8. The topological polar surface area (TPSA) is 69.0 Å². The highest BCUT2D eigenvalue weighted by molar-refractivity contribution is 6.04. The lowest BCUT2D eigenvalue weighted by Gasteiger charge is -2.24. The molecular formula is C41H59IN2O5. The van der Waals surface area contributed by atoms with Crippen molar-refractivity contribution in [2.24, 2.45) is 7.05 Å². The maximum atomic E-state index is 13.7. The number of amides is 2. The van der Waals surface area contributed by atoms with Crippen LogP contribution in [0.25, 0.3) is 0 Å². The first kappa shape index (κ1) is 42.0. The third-order valence-corrected chi connectivity index (χ3v) is 8.76. The minimum Gasteiger partial charge on any atom is -1.00 e. The van der Waals surface area contributed by atoms with E-state index in [0.717, 1.165) is 33.9 Å². The SMILES string of the molecule is CCCCCCCCCCCCCCOc1ccc(COC(=O)N(Cc2cccc[n+]2C)C(=O)c2ccccc2OC)cc1C(C)(C)C.[I-]. The number of hydrogen-bond acceptors (Lipinski definition) is 5. The van der Waals surface area contributed by atoms with Gasteiger partial charge in [0.05, 0.1) is 19.3 Å². The molecule has 0 radical (unpaired) electrons. The first-order chi connectivity index (χ1) is 23.2. The summed E-state index contributed by atoms with van der Waals surface area (Å²) in [5.41, 5.74) is 2.80. The number of nitrogens with zero attached hydrogens (tertiary/aromatic N) is 2. The lowest BCUT2D eigenvalue weighted by molar-refractivity contribution is -0.679. The molecule has 0 unspecified atom stereocenters. The molecule has 3 aromatic rings. The van der Waals surface area contributed by atoms with Crippen LogP contribution in [-0.2, 0) is 30.4 Å². The van der Waals surface area contributed by atoms with Crippen LogP contribution in [0.15, 0.2) is 66.9 Å². The van der Waals surface area contributed by atoms with Crippen LogP contribution in [0.5, 0.6) is 11.5 Å². The summed E-state index contributed by atoms with van der Waals surface area (Å²) in [6.07, 6.45) is 16.9. The molecular weight excluding hydrogens is 727 g/mol. The van der Waals surface area contributed by atoms with Crippen molar-refractivity contribution in [1.82, 2.24) is 4.90 Å². The van der Waals surface area contributed by atoms with E-state index in [-0.39, 0.29) is 42.5 Å². The Labute approximate surface area is 312 Å². The highest BCUT2D eigenvalue weighted by atomic mass is 127. The number of para-hydroxylation sites is 1. The molecule has 1 aromatic heterocycles. The van der Waals surface area contributed by atoms with Crippen LogP contribution >= 0.6 is 0 Å². The summed E-state index contributed by atoms with van der Waals surface area (Å²) in [6, 6.07) is 18.5. The van der Waals surface area contributed by atoms with E-state index in [4.69, 9.17) is 14.2 Å². The van der Waals surface area contributed by atoms with Crippen molar-refractivity contribution in [1.29, 1.82) is 0 Å². The molecule has 0 spiro atoms. The van der Waals surface area contributed by atoms with Gasteiger partial charge in [0, 0.05) is 12.1 Å². The van der Waals surface area contributed by atoms with Crippen molar-refractivity contribution in [2.75, 3.05) is 13.7 Å². The zero-order valence-electron chi connectivity index (χ0n) is 30.8. The molecule has 49 heavy (non-hydrogen) atoms. The quantitative estimate of drug-likeness (QED) is 0.0711. The highest BCUT2D eigenvalue weighted by Gasteiger charge is 2.29. The van der Waals surface area contributed by atoms with E-state index in [9.17, 15) is 9.59 Å². The number of benzene rings is 2. The van der Waals surface area contributed by atoms with Crippen molar-refractivity contribution < 1.29 is 52.3 Å². The summed E-state index contributed by atoms with van der Waals surface area (Å²) < 4.78 is 19.4. The number of hydrogen-bond donors (Lipinski definition) is 0. The van der Waals surface area contributed by atoms with Crippen LogP contribution in [0.1, 0.15) is 132 Å². The van der Waals surface area contributed by atoms with E-state index >= 15 is 0 Å². The van der Waals surface area contributed by atoms with Crippen molar-refractivity contribution in [3.8, 4) is 11.5 Å². The minimum atomic E-state index is -0.723. The summed E-state index contributed by atoms with van der Waals surface area (Å²) in [5, 5.41) is 0. The normalized spacial score (nSPS) is 11.1. The Kier molecular flexibility index (Phi) is 19.3. The summed E-state index contributed by atoms with van der Waals surface area (Å²) in [6.45, 7) is 9.49. The van der Waals surface area contributed by atoms with E-state index in [1.165, 1.54) is 77.7 Å². The Bertz CT molecular complexity index is 1420. The number of unbranched alkanes of at least 4 members (excludes halogenated alkanes) is 11. The number of methoxy groups -OCH3 is 1. The molecule has 3 rings (SSSR count). The van der Waals surface area contributed by atoms with Gasteiger partial charge in [-0.25, -0.2) is 14.3 Å². The number of rotatable bonds is 20. The number of ether oxygens (including phenoxy) is 3. The van der Waals surface area contributed by atoms with Gasteiger partial charge in [-0.3, -0.25) is 4.79 Å². The van der Waals surface area contributed by atoms with Crippen molar-refractivity contribution >= 4 is 12.0 Å². The Hall–Kier alpha value is -3.14. The summed E-state index contributed by atoms with van der Waals surface area (Å²) in [4.78, 5) is 28.4. The molecule has 270 valence electrons. The molecule has 0 fully saturated rings. The molecule has 8 heteroatoms. The van der Waals surface area contributed by atoms with E-state index in [2.05, 4.69) is 33.8 Å². The van der Waals surface area contributed by atoms with Gasteiger partial charge < -0.3 is 38.2 Å². The van der Waals surface area contributed by atoms with Crippen molar-refractivity contribution in [3.63, 3.8) is 0 Å². The molecule has 2 amide bonds. The number of halogens is 1. The van der Waals surface area contributed by atoms with Gasteiger partial charge >= 0.3 is 6.09 Å². The smallest absolute Gasteiger partial charge is 0.417 e. The summed E-state index contributed by atoms with van der Waals surface area (Å²) >= 11 is 0. The molecule has 0 aliphatic rings. The second kappa shape index (κ2) is 22.6. The summed E-state index contributed by atoms with van der Waals surface area (Å²) in [7, 11) is 3.38. The molecule has 2 aromatic carbocycles. The molecule has 0 aliphatic heterocycles. The number of carbonyl (C=O) groups excluding carboxylic acids is 2. The fraction of sp³-hybridized carbons (Fsp3) is 0.537. The van der Waals surface area contributed by atoms with E-state index < -0.39 is 12.0 Å². The second-order valence-electron chi connectivity index (χ2n) is 13.8. The maximum absolute atomic E-state index is 13.7. The Morgan fingerprint density at radius 3 is 2.00 bits per heavy atom. The fourth-order valence-electron chi connectivity index (χ4n) is 5.80. The molecule has 7 nitrogen and oxygen atoms in total. The number of carbonyl (C=O) groups is 2. The average Bonchev–Trinajstić information content (AvgIpc) is 3.08. The van der Waals surface area contributed by atoms with Gasteiger partial charge in [-0.15, -0.1) is 0 Å². The molecule has 1 heterocycles. The lowest BCUT2D eigenvalue weighted by Crippen LogP contribution is -3.00. The standard InChI is InChI=1S/C41H59N2O5.HI/c1-7-8-9-10-11-12-13-14-15-16-17-22-29-47-38-27-26-33(30-36(38)41(2,3)4)32-48-40(45)43(31-34-23-20-21-28-42(34)5)39(44)35-24-18-19-25-37(35)46-6;/h18-21,23-28,30H,7-17,22,29,31-32H2,1-6H3;1H/q+1;/p-1. The maximum Gasteiger partial charge on any atom is 0.417 e. The number of aryl methyl sites for hydroxylation is 1. The lowest BCUT2D eigenvalue weighted by atomic mass is 9.85. The zero-order valence-corrected chi connectivity index (χ0v) is 32.9. The fourth-order valence-corrected chi connectivity index (χ4v) is 5.80. The van der Waals surface area contributed by atoms with Gasteiger partial charge in [-0.1, -0.05) is 123 Å². The number of pyridine rings is 1.